The highest BCUT2D eigenvalue weighted by Crippen LogP contribution is 2.35. The highest BCUT2D eigenvalue weighted by molar-refractivity contribution is 6.34. The maximum absolute atomic E-state index is 12.5. The lowest BCUT2D eigenvalue weighted by Gasteiger charge is -2.18. The number of carbonyl (C=O) groups is 2. The van der Waals surface area contributed by atoms with Crippen LogP contribution in [0.25, 0.3) is 22.6 Å². The fourth-order valence-corrected chi connectivity index (χ4v) is 3.43. The molecule has 0 saturated carbocycles. The van der Waals surface area contributed by atoms with Gasteiger partial charge in [0.15, 0.2) is 5.58 Å². The quantitative estimate of drug-likeness (QED) is 0.634. The number of hydrogen-bond donors (Lipinski definition) is 0. The van der Waals surface area contributed by atoms with E-state index in [0.29, 0.717) is 27.7 Å². The number of para-hydroxylation sites is 2. The van der Waals surface area contributed by atoms with Gasteiger partial charge in [0.2, 0.25) is 11.8 Å². The molecule has 1 amide bonds. The van der Waals surface area contributed by atoms with Crippen molar-refractivity contribution in [3.05, 3.63) is 47.5 Å². The number of fused-ring (bicyclic) bond motifs is 1. The summed E-state index contributed by atoms with van der Waals surface area (Å²) in [6.45, 7) is 2.28. The molecule has 0 bridgehead atoms. The summed E-state index contributed by atoms with van der Waals surface area (Å²) >= 11 is 6.34. The van der Waals surface area contributed by atoms with E-state index in [0.717, 1.165) is 5.52 Å². The minimum Gasteiger partial charge on any atom is -0.466 e. The number of carbonyl (C=O) groups excluding carboxylic acids is 2. The van der Waals surface area contributed by atoms with Crippen LogP contribution in [0.1, 0.15) is 13.3 Å². The summed E-state index contributed by atoms with van der Waals surface area (Å²) in [7, 11) is 0. The maximum Gasteiger partial charge on any atom is 0.311 e. The SMILES string of the molecule is CCOC(=O)C1CC(=O)N(c2cc(-c3nc4ccccc4o3)ccc2Cl)C1. The number of oxazole rings is 1. The van der Waals surface area contributed by atoms with Gasteiger partial charge in [-0.15, -0.1) is 0 Å². The van der Waals surface area contributed by atoms with Crippen LogP contribution < -0.4 is 4.90 Å². The zero-order valence-corrected chi connectivity index (χ0v) is 15.4. The van der Waals surface area contributed by atoms with Gasteiger partial charge in [-0.2, -0.15) is 0 Å². The Morgan fingerprint density at radius 1 is 1.33 bits per heavy atom. The van der Waals surface area contributed by atoms with Crippen LogP contribution >= 0.6 is 11.6 Å². The lowest BCUT2D eigenvalue weighted by molar-refractivity contribution is -0.147. The molecule has 1 atom stereocenters. The third-order valence-corrected chi connectivity index (χ3v) is 4.84. The van der Waals surface area contributed by atoms with Gasteiger partial charge in [0.25, 0.3) is 0 Å². The summed E-state index contributed by atoms with van der Waals surface area (Å²) in [6.07, 6.45) is 0.113. The van der Waals surface area contributed by atoms with Crippen LogP contribution in [-0.2, 0) is 14.3 Å². The van der Waals surface area contributed by atoms with Crippen molar-refractivity contribution in [2.75, 3.05) is 18.1 Å². The molecule has 1 unspecified atom stereocenters. The van der Waals surface area contributed by atoms with E-state index in [1.54, 1.807) is 25.1 Å². The molecule has 0 radical (unpaired) electrons. The summed E-state index contributed by atoms with van der Waals surface area (Å²) in [5.74, 6) is -0.562. The largest absolute Gasteiger partial charge is 0.466 e. The molecule has 2 aromatic carbocycles. The van der Waals surface area contributed by atoms with E-state index in [9.17, 15) is 9.59 Å². The van der Waals surface area contributed by atoms with Crippen molar-refractivity contribution in [1.29, 1.82) is 0 Å². The van der Waals surface area contributed by atoms with E-state index in [4.69, 9.17) is 20.8 Å². The first kappa shape index (κ1) is 17.5. The molecule has 27 heavy (non-hydrogen) atoms. The maximum atomic E-state index is 12.5. The van der Waals surface area contributed by atoms with Crippen molar-refractivity contribution in [3.63, 3.8) is 0 Å². The predicted octanol–water partition coefficient (Wildman–Crippen LogP) is 4.06. The molecule has 3 aromatic rings. The van der Waals surface area contributed by atoms with Gasteiger partial charge in [0.05, 0.1) is 23.2 Å². The second-order valence-corrected chi connectivity index (χ2v) is 6.72. The van der Waals surface area contributed by atoms with Crippen molar-refractivity contribution in [1.82, 2.24) is 4.98 Å². The first-order valence-corrected chi connectivity index (χ1v) is 9.07. The summed E-state index contributed by atoms with van der Waals surface area (Å²) in [4.78, 5) is 30.4. The average molecular weight is 385 g/mol. The average Bonchev–Trinajstić information content (AvgIpc) is 3.26. The Balaban J connectivity index is 1.66. The van der Waals surface area contributed by atoms with Crippen LogP contribution in [0.3, 0.4) is 0 Å². The summed E-state index contributed by atoms with van der Waals surface area (Å²) < 4.78 is 10.8. The van der Waals surface area contributed by atoms with E-state index in [-0.39, 0.29) is 31.4 Å². The predicted molar refractivity (Wildman–Crippen MR) is 102 cm³/mol. The molecule has 0 N–H and O–H groups in total. The van der Waals surface area contributed by atoms with Crippen molar-refractivity contribution in [2.45, 2.75) is 13.3 Å². The van der Waals surface area contributed by atoms with Gasteiger partial charge in [-0.1, -0.05) is 23.7 Å². The van der Waals surface area contributed by atoms with E-state index < -0.39 is 5.92 Å². The van der Waals surface area contributed by atoms with Crippen LogP contribution in [0.4, 0.5) is 5.69 Å². The number of esters is 1. The molecular weight excluding hydrogens is 368 g/mol. The van der Waals surface area contributed by atoms with Crippen molar-refractivity contribution < 1.29 is 18.7 Å². The zero-order chi connectivity index (χ0) is 19.0. The van der Waals surface area contributed by atoms with Gasteiger partial charge < -0.3 is 14.1 Å². The minimum absolute atomic E-state index is 0.113. The standard InChI is InChI=1S/C20H17ClN2O4/c1-2-26-20(25)13-10-18(24)23(11-13)16-9-12(7-8-14(16)21)19-22-15-5-3-4-6-17(15)27-19/h3-9,13H,2,10-11H2,1H3. The Morgan fingerprint density at radius 2 is 2.15 bits per heavy atom. The monoisotopic (exact) mass is 384 g/mol. The van der Waals surface area contributed by atoms with E-state index in [1.165, 1.54) is 4.90 Å². The van der Waals surface area contributed by atoms with Crippen LogP contribution in [0.15, 0.2) is 46.9 Å². The van der Waals surface area contributed by atoms with Gasteiger partial charge in [-0.3, -0.25) is 9.59 Å². The number of aromatic nitrogens is 1. The van der Waals surface area contributed by atoms with Gasteiger partial charge in [-0.05, 0) is 37.3 Å². The lowest BCUT2D eigenvalue weighted by atomic mass is 10.1. The number of ether oxygens (including phenoxy) is 1. The topological polar surface area (TPSA) is 72.6 Å². The molecular formula is C20H17ClN2O4. The molecule has 7 heteroatoms. The van der Waals surface area contributed by atoms with E-state index >= 15 is 0 Å². The van der Waals surface area contributed by atoms with E-state index in [2.05, 4.69) is 4.98 Å². The van der Waals surface area contributed by atoms with Crippen LogP contribution in [0, 0.1) is 5.92 Å². The van der Waals surface area contributed by atoms with Crippen LogP contribution in [0.2, 0.25) is 5.02 Å². The second-order valence-electron chi connectivity index (χ2n) is 6.31. The highest BCUT2D eigenvalue weighted by atomic mass is 35.5. The molecule has 6 nitrogen and oxygen atoms in total. The summed E-state index contributed by atoms with van der Waals surface area (Å²) in [6, 6.07) is 12.7. The van der Waals surface area contributed by atoms with Crippen LogP contribution in [0.5, 0.6) is 0 Å². The Hall–Kier alpha value is -2.86. The van der Waals surface area contributed by atoms with Gasteiger partial charge in [0.1, 0.15) is 5.52 Å². The Kier molecular flexibility index (Phi) is 4.58. The molecule has 1 aliphatic rings. The Bertz CT molecular complexity index is 997. The first-order valence-electron chi connectivity index (χ1n) is 8.69. The van der Waals surface area contributed by atoms with Gasteiger partial charge >= 0.3 is 5.97 Å². The fraction of sp³-hybridized carbons (Fsp3) is 0.250. The van der Waals surface area contributed by atoms with Crippen molar-refractivity contribution in [3.8, 4) is 11.5 Å². The third kappa shape index (κ3) is 3.28. The van der Waals surface area contributed by atoms with Crippen molar-refractivity contribution in [2.24, 2.45) is 5.92 Å². The van der Waals surface area contributed by atoms with E-state index in [1.807, 2.05) is 24.3 Å². The third-order valence-electron chi connectivity index (χ3n) is 4.52. The molecule has 1 aliphatic heterocycles. The Morgan fingerprint density at radius 3 is 2.93 bits per heavy atom. The first-order chi connectivity index (χ1) is 13.1. The number of anilines is 1. The molecule has 1 saturated heterocycles. The molecule has 4 rings (SSSR count). The fourth-order valence-electron chi connectivity index (χ4n) is 3.21. The molecule has 1 aromatic heterocycles. The number of halogens is 1. The van der Waals surface area contributed by atoms with Crippen LogP contribution in [-0.4, -0.2) is 30.0 Å². The summed E-state index contributed by atoms with van der Waals surface area (Å²) in [5, 5.41) is 0.424. The normalized spacial score (nSPS) is 16.9. The summed E-state index contributed by atoms with van der Waals surface area (Å²) in [5.41, 5.74) is 2.68. The van der Waals surface area contributed by atoms with Gasteiger partial charge in [-0.25, -0.2) is 4.98 Å². The molecule has 1 fully saturated rings. The second kappa shape index (κ2) is 7.04. The number of hydrogen-bond acceptors (Lipinski definition) is 5. The molecule has 2 heterocycles. The number of benzene rings is 2. The zero-order valence-electron chi connectivity index (χ0n) is 14.6. The van der Waals surface area contributed by atoms with Crippen molar-refractivity contribution >= 4 is 40.3 Å². The molecule has 138 valence electrons. The number of nitrogens with zero attached hydrogens (tertiary/aromatic N) is 2. The lowest BCUT2D eigenvalue weighted by Crippen LogP contribution is -2.26. The number of rotatable bonds is 4. The number of amides is 1. The van der Waals surface area contributed by atoms with Gasteiger partial charge in [0, 0.05) is 18.5 Å². The Labute approximate surface area is 160 Å². The molecule has 0 aliphatic carbocycles. The smallest absolute Gasteiger partial charge is 0.311 e. The highest BCUT2D eigenvalue weighted by Gasteiger charge is 2.37. The molecule has 0 spiro atoms. The minimum atomic E-state index is -0.485.